The molecule has 1 aliphatic rings. The molecule has 0 aliphatic carbocycles. The Morgan fingerprint density at radius 2 is 2.58 bits per heavy atom. The first-order valence-electron chi connectivity index (χ1n) is 3.51. The van der Waals surface area contributed by atoms with Gasteiger partial charge >= 0.3 is 0 Å². The minimum Gasteiger partial charge on any atom is -0.326 e. The van der Waals surface area contributed by atoms with Crippen LogP contribution < -0.4 is 0 Å². The highest BCUT2D eigenvalue weighted by atomic mass is 32.2. The summed E-state index contributed by atoms with van der Waals surface area (Å²) in [5, 5.41) is 9.95. The van der Waals surface area contributed by atoms with Crippen LogP contribution in [0.1, 0.15) is 6.04 Å². The summed E-state index contributed by atoms with van der Waals surface area (Å²) in [5.74, 6) is 0.808. The van der Waals surface area contributed by atoms with E-state index in [1.807, 2.05) is 0 Å². The third-order valence-electron chi connectivity index (χ3n) is 1.88. The number of nitro groups is 1. The Labute approximate surface area is 72.9 Å². The van der Waals surface area contributed by atoms with Crippen LogP contribution in [0.15, 0.2) is 18.7 Å². The quantitative estimate of drug-likeness (QED) is 0.504. The Hall–Kier alpha value is -1.04. The fourth-order valence-electron chi connectivity index (χ4n) is 1.17. The topological polar surface area (TPSA) is 61.0 Å². The molecule has 1 aromatic rings. The van der Waals surface area contributed by atoms with Crippen molar-refractivity contribution in [2.75, 3.05) is 5.75 Å². The molecule has 0 aromatic carbocycles. The van der Waals surface area contributed by atoms with Gasteiger partial charge in [0.15, 0.2) is 0 Å². The Balaban J connectivity index is 2.12. The number of aromatic nitrogens is 2. The minimum absolute atomic E-state index is 0.00694. The number of hydrogen-bond donors (Lipinski definition) is 0. The summed E-state index contributed by atoms with van der Waals surface area (Å²) < 4.78 is 1.80. The van der Waals surface area contributed by atoms with Crippen LogP contribution in [0.5, 0.6) is 0 Å². The lowest BCUT2D eigenvalue weighted by molar-refractivity contribution is -0.504. The Morgan fingerprint density at radius 1 is 1.75 bits per heavy atom. The molecule has 6 heteroatoms. The van der Waals surface area contributed by atoms with Crippen LogP contribution in [-0.2, 0) is 0 Å². The average molecular weight is 185 g/mol. The van der Waals surface area contributed by atoms with Gasteiger partial charge in [-0.15, -0.1) is 0 Å². The van der Waals surface area contributed by atoms with Gasteiger partial charge in [0.25, 0.3) is 5.37 Å². The molecule has 2 unspecified atom stereocenters. The van der Waals surface area contributed by atoms with Crippen molar-refractivity contribution in [2.24, 2.45) is 0 Å². The molecule has 5 nitrogen and oxygen atoms in total. The predicted octanol–water partition coefficient (Wildman–Crippen LogP) is 0.774. The fourth-order valence-corrected chi connectivity index (χ4v) is 2.14. The zero-order valence-electron chi connectivity index (χ0n) is 6.16. The normalized spacial score (nSPS) is 28.0. The van der Waals surface area contributed by atoms with Crippen LogP contribution in [0.25, 0.3) is 0 Å². The molecule has 0 spiro atoms. The SMILES string of the molecule is O=[N+]([O-])C1SCC1n1ccnc1. The molecule has 1 fully saturated rings. The van der Waals surface area contributed by atoms with Crippen LogP contribution in [0.4, 0.5) is 0 Å². The van der Waals surface area contributed by atoms with Gasteiger partial charge in [-0.1, -0.05) is 11.8 Å². The molecule has 1 saturated heterocycles. The van der Waals surface area contributed by atoms with Crippen molar-refractivity contribution in [1.82, 2.24) is 9.55 Å². The van der Waals surface area contributed by atoms with Gasteiger partial charge in [-0.25, -0.2) is 4.98 Å². The van der Waals surface area contributed by atoms with E-state index in [2.05, 4.69) is 4.98 Å². The number of hydrogen-bond acceptors (Lipinski definition) is 4. The summed E-state index contributed by atoms with van der Waals surface area (Å²) in [6.45, 7) is 0. The Morgan fingerprint density at radius 3 is 3.00 bits per heavy atom. The van der Waals surface area contributed by atoms with Gasteiger partial charge in [0, 0.05) is 23.1 Å². The average Bonchev–Trinajstić information content (AvgIpc) is 2.35. The monoisotopic (exact) mass is 185 g/mol. The van der Waals surface area contributed by atoms with E-state index in [1.54, 1.807) is 23.3 Å². The maximum atomic E-state index is 10.4. The molecular weight excluding hydrogens is 178 g/mol. The number of thioether (sulfide) groups is 1. The van der Waals surface area contributed by atoms with E-state index in [4.69, 9.17) is 0 Å². The van der Waals surface area contributed by atoms with Gasteiger partial charge in [0.1, 0.15) is 6.04 Å². The molecule has 0 radical (unpaired) electrons. The lowest BCUT2D eigenvalue weighted by Gasteiger charge is -2.29. The highest BCUT2D eigenvalue weighted by Gasteiger charge is 2.42. The number of imidazole rings is 1. The van der Waals surface area contributed by atoms with E-state index in [-0.39, 0.29) is 11.0 Å². The minimum atomic E-state index is -0.487. The van der Waals surface area contributed by atoms with Crippen molar-refractivity contribution in [1.29, 1.82) is 0 Å². The molecule has 0 bridgehead atoms. The summed E-state index contributed by atoms with van der Waals surface area (Å²) in [5.41, 5.74) is 0. The lowest BCUT2D eigenvalue weighted by Crippen LogP contribution is -2.38. The van der Waals surface area contributed by atoms with Crippen molar-refractivity contribution in [3.05, 3.63) is 28.8 Å². The second kappa shape index (κ2) is 2.78. The van der Waals surface area contributed by atoms with E-state index in [9.17, 15) is 10.1 Å². The van der Waals surface area contributed by atoms with Crippen LogP contribution in [-0.4, -0.2) is 25.6 Å². The van der Waals surface area contributed by atoms with Gasteiger partial charge in [-0.2, -0.15) is 0 Å². The smallest absolute Gasteiger partial charge is 0.279 e. The molecular formula is C6H7N3O2S. The molecule has 64 valence electrons. The zero-order chi connectivity index (χ0) is 8.55. The third-order valence-corrected chi connectivity index (χ3v) is 3.24. The molecule has 0 N–H and O–H groups in total. The van der Waals surface area contributed by atoms with Crippen molar-refractivity contribution >= 4 is 11.8 Å². The summed E-state index contributed by atoms with van der Waals surface area (Å²) in [7, 11) is 0. The van der Waals surface area contributed by atoms with E-state index in [1.165, 1.54) is 11.8 Å². The largest absolute Gasteiger partial charge is 0.326 e. The Bertz CT molecular complexity index is 287. The van der Waals surface area contributed by atoms with E-state index >= 15 is 0 Å². The molecule has 0 saturated carbocycles. The molecule has 0 amide bonds. The molecule has 2 heterocycles. The van der Waals surface area contributed by atoms with Gasteiger partial charge in [-0.05, 0) is 0 Å². The Kier molecular flexibility index (Phi) is 1.76. The van der Waals surface area contributed by atoms with Crippen molar-refractivity contribution < 1.29 is 4.92 Å². The van der Waals surface area contributed by atoms with Gasteiger partial charge < -0.3 is 4.57 Å². The van der Waals surface area contributed by atoms with Crippen LogP contribution in [0.2, 0.25) is 0 Å². The molecule has 2 rings (SSSR count). The second-order valence-corrected chi connectivity index (χ2v) is 3.74. The van der Waals surface area contributed by atoms with Crippen molar-refractivity contribution in [3.63, 3.8) is 0 Å². The van der Waals surface area contributed by atoms with Gasteiger partial charge in [0.05, 0.1) is 6.33 Å². The van der Waals surface area contributed by atoms with Crippen LogP contribution in [0.3, 0.4) is 0 Å². The lowest BCUT2D eigenvalue weighted by atomic mass is 10.3. The van der Waals surface area contributed by atoms with Crippen molar-refractivity contribution in [3.8, 4) is 0 Å². The molecule has 1 aliphatic heterocycles. The predicted molar refractivity (Wildman–Crippen MR) is 44.5 cm³/mol. The first-order chi connectivity index (χ1) is 5.79. The zero-order valence-corrected chi connectivity index (χ0v) is 6.98. The third kappa shape index (κ3) is 1.08. The van der Waals surface area contributed by atoms with E-state index in [0.717, 1.165) is 5.75 Å². The van der Waals surface area contributed by atoms with Gasteiger partial charge in [0.2, 0.25) is 0 Å². The summed E-state index contributed by atoms with van der Waals surface area (Å²) in [6, 6.07) is -0.00694. The number of nitrogens with zero attached hydrogens (tertiary/aromatic N) is 3. The van der Waals surface area contributed by atoms with E-state index in [0.29, 0.717) is 0 Å². The molecule has 1 aromatic heterocycles. The molecule has 2 atom stereocenters. The first-order valence-corrected chi connectivity index (χ1v) is 4.56. The highest BCUT2D eigenvalue weighted by Crippen LogP contribution is 2.38. The second-order valence-electron chi connectivity index (χ2n) is 2.59. The maximum absolute atomic E-state index is 10.4. The number of rotatable bonds is 2. The summed E-state index contributed by atoms with van der Waals surface area (Å²) in [4.78, 5) is 14.1. The molecule has 12 heavy (non-hydrogen) atoms. The van der Waals surface area contributed by atoms with E-state index < -0.39 is 5.37 Å². The highest BCUT2D eigenvalue weighted by molar-refractivity contribution is 8.01. The van der Waals surface area contributed by atoms with Crippen LogP contribution in [0, 0.1) is 10.1 Å². The van der Waals surface area contributed by atoms with Gasteiger partial charge in [-0.3, -0.25) is 10.1 Å². The summed E-state index contributed by atoms with van der Waals surface area (Å²) in [6.07, 6.45) is 5.03. The fraction of sp³-hybridized carbons (Fsp3) is 0.500. The van der Waals surface area contributed by atoms with Crippen LogP contribution >= 0.6 is 11.8 Å². The maximum Gasteiger partial charge on any atom is 0.279 e. The standard InChI is InChI=1S/C6H7N3O2S/c10-9(11)6-5(3-12-6)8-2-1-7-4-8/h1-2,4-6H,3H2. The van der Waals surface area contributed by atoms with Crippen molar-refractivity contribution in [2.45, 2.75) is 11.4 Å². The summed E-state index contributed by atoms with van der Waals surface area (Å²) >= 11 is 1.37. The first kappa shape index (κ1) is 7.60.